The number of rotatable bonds is 13. The molecular weight excluding hydrogens is 266 g/mol. The van der Waals surface area contributed by atoms with Gasteiger partial charge < -0.3 is 4.74 Å². The Kier molecular flexibility index (Phi) is 19.5. The minimum absolute atomic E-state index is 0. The highest BCUT2D eigenvalue weighted by Crippen LogP contribution is 2.10. The summed E-state index contributed by atoms with van der Waals surface area (Å²) in [7, 11) is 0. The van der Waals surface area contributed by atoms with Crippen LogP contribution in [0, 0.1) is 0 Å². The first-order valence-corrected chi connectivity index (χ1v) is 7.28. The maximum atomic E-state index is 10.9. The summed E-state index contributed by atoms with van der Waals surface area (Å²) in [5.41, 5.74) is 0. The molecule has 0 aliphatic heterocycles. The van der Waals surface area contributed by atoms with Gasteiger partial charge in [0.05, 0.1) is 6.61 Å². The van der Waals surface area contributed by atoms with Gasteiger partial charge in [-0.3, -0.25) is 4.84 Å². The van der Waals surface area contributed by atoms with E-state index in [-0.39, 0.29) is 25.0 Å². The summed E-state index contributed by atoms with van der Waals surface area (Å²) in [6.07, 6.45) is 12.8. The summed E-state index contributed by atoms with van der Waals surface area (Å²) in [5.74, 6) is 4.38. The Morgan fingerprint density at radius 1 is 0.895 bits per heavy atom. The molecule has 4 nitrogen and oxygen atoms in total. The van der Waals surface area contributed by atoms with Gasteiger partial charge in [-0.2, -0.15) is 0 Å². The third kappa shape index (κ3) is 17.7. The Morgan fingerprint density at radius 3 is 1.84 bits per heavy atom. The van der Waals surface area contributed by atoms with Crippen LogP contribution in [0.3, 0.4) is 0 Å². The van der Waals surface area contributed by atoms with E-state index in [1.807, 2.05) is 0 Å². The maximum absolute atomic E-state index is 10.9. The molecule has 0 aromatic rings. The molecule has 0 bridgehead atoms. The lowest BCUT2D eigenvalue weighted by molar-refractivity contribution is -0.149. The second-order valence-corrected chi connectivity index (χ2v) is 4.71. The van der Waals surface area contributed by atoms with E-state index in [1.165, 1.54) is 51.4 Å². The molecule has 0 radical (unpaired) electrons. The predicted molar refractivity (Wildman–Crippen MR) is 80.2 cm³/mol. The van der Waals surface area contributed by atoms with Crippen molar-refractivity contribution in [3.8, 4) is 0 Å². The fraction of sp³-hybridized carbons (Fsp3) is 0.929. The zero-order valence-corrected chi connectivity index (χ0v) is 13.0. The molecular formula is C14H30ClNO3. The van der Waals surface area contributed by atoms with Crippen molar-refractivity contribution in [1.29, 1.82) is 0 Å². The zero-order valence-electron chi connectivity index (χ0n) is 12.2. The van der Waals surface area contributed by atoms with E-state index in [4.69, 9.17) is 10.6 Å². The van der Waals surface area contributed by atoms with Gasteiger partial charge in [-0.1, -0.05) is 64.7 Å². The molecule has 0 spiro atoms. The number of hydrogen-bond acceptors (Lipinski definition) is 4. The van der Waals surface area contributed by atoms with E-state index < -0.39 is 0 Å². The largest absolute Gasteiger partial charge is 0.464 e. The lowest BCUT2D eigenvalue weighted by atomic mass is 10.1. The highest BCUT2D eigenvalue weighted by atomic mass is 35.5. The number of carbonyl (C=O) groups is 1. The standard InChI is InChI=1S/C14H29NO3.ClH/c1-2-3-4-5-6-7-8-9-10-11-12-17-14(16)13-18-15;/h2-13,15H2,1H3;1H. The minimum atomic E-state index is -0.381. The fourth-order valence-corrected chi connectivity index (χ4v) is 1.89. The average Bonchev–Trinajstić information content (AvgIpc) is 2.36. The normalized spacial score (nSPS) is 10.0. The molecule has 0 atom stereocenters. The van der Waals surface area contributed by atoms with Crippen LogP contribution in [0.25, 0.3) is 0 Å². The number of nitrogens with two attached hydrogens (primary N) is 1. The first kappa shape index (κ1) is 21.0. The number of ether oxygens (including phenoxy) is 1. The number of halogens is 1. The highest BCUT2D eigenvalue weighted by molar-refractivity contribution is 5.85. The van der Waals surface area contributed by atoms with Crippen molar-refractivity contribution in [3.63, 3.8) is 0 Å². The van der Waals surface area contributed by atoms with Crippen LogP contribution in [0.2, 0.25) is 0 Å². The monoisotopic (exact) mass is 295 g/mol. The summed E-state index contributed by atoms with van der Waals surface area (Å²) in [5, 5.41) is 0. The van der Waals surface area contributed by atoms with Gasteiger partial charge in [-0.05, 0) is 6.42 Å². The van der Waals surface area contributed by atoms with Crippen molar-refractivity contribution in [2.24, 2.45) is 5.90 Å². The predicted octanol–water partition coefficient (Wildman–Crippen LogP) is 3.76. The molecule has 0 aromatic carbocycles. The molecule has 0 aliphatic rings. The fourth-order valence-electron chi connectivity index (χ4n) is 1.89. The van der Waals surface area contributed by atoms with E-state index in [0.29, 0.717) is 6.61 Å². The number of esters is 1. The lowest BCUT2D eigenvalue weighted by Gasteiger charge is -2.04. The van der Waals surface area contributed by atoms with Gasteiger partial charge in [0, 0.05) is 0 Å². The van der Waals surface area contributed by atoms with E-state index >= 15 is 0 Å². The van der Waals surface area contributed by atoms with Gasteiger partial charge in [0.1, 0.15) is 0 Å². The van der Waals surface area contributed by atoms with Gasteiger partial charge >= 0.3 is 5.97 Å². The Morgan fingerprint density at radius 2 is 1.37 bits per heavy atom. The molecule has 0 unspecified atom stereocenters. The molecule has 0 fully saturated rings. The highest BCUT2D eigenvalue weighted by Gasteiger charge is 2.00. The first-order valence-electron chi connectivity index (χ1n) is 7.28. The third-order valence-electron chi connectivity index (χ3n) is 2.96. The van der Waals surface area contributed by atoms with E-state index in [0.717, 1.165) is 12.8 Å². The SMILES string of the molecule is CCCCCCCCCCCCOC(=O)CON.Cl. The Labute approximate surface area is 123 Å². The number of hydrogen-bond donors (Lipinski definition) is 1. The van der Waals surface area contributed by atoms with Crippen LogP contribution in [0.5, 0.6) is 0 Å². The quantitative estimate of drug-likeness (QED) is 0.319. The van der Waals surface area contributed by atoms with Crippen LogP contribution in [-0.2, 0) is 14.4 Å². The summed E-state index contributed by atoms with van der Waals surface area (Å²) >= 11 is 0. The Hall–Kier alpha value is -0.320. The van der Waals surface area contributed by atoms with Crippen molar-refractivity contribution in [3.05, 3.63) is 0 Å². The Bertz CT molecular complexity index is 192. The molecule has 0 aromatic heterocycles. The Balaban J connectivity index is 0. The smallest absolute Gasteiger partial charge is 0.334 e. The van der Waals surface area contributed by atoms with Crippen molar-refractivity contribution in [2.45, 2.75) is 71.1 Å². The molecule has 5 heteroatoms. The molecule has 0 aliphatic carbocycles. The van der Waals surface area contributed by atoms with Crippen LogP contribution >= 0.6 is 12.4 Å². The van der Waals surface area contributed by atoms with Crippen LogP contribution in [-0.4, -0.2) is 19.2 Å². The summed E-state index contributed by atoms with van der Waals surface area (Å²) < 4.78 is 4.91. The van der Waals surface area contributed by atoms with E-state index in [1.54, 1.807) is 0 Å². The molecule has 0 saturated heterocycles. The van der Waals surface area contributed by atoms with E-state index in [9.17, 15) is 4.79 Å². The van der Waals surface area contributed by atoms with Crippen molar-refractivity contribution >= 4 is 18.4 Å². The zero-order chi connectivity index (χ0) is 13.5. The van der Waals surface area contributed by atoms with Crippen molar-refractivity contribution in [2.75, 3.05) is 13.2 Å². The lowest BCUT2D eigenvalue weighted by Crippen LogP contribution is -2.15. The molecule has 0 heterocycles. The molecule has 0 saturated carbocycles. The summed E-state index contributed by atoms with van der Waals surface area (Å²) in [6, 6.07) is 0. The van der Waals surface area contributed by atoms with Crippen molar-refractivity contribution in [1.82, 2.24) is 0 Å². The first-order chi connectivity index (χ1) is 8.81. The van der Waals surface area contributed by atoms with Crippen LogP contribution in [0.1, 0.15) is 71.1 Å². The number of unbranched alkanes of at least 4 members (excludes halogenated alkanes) is 9. The topological polar surface area (TPSA) is 61.5 Å². The third-order valence-corrected chi connectivity index (χ3v) is 2.96. The molecule has 0 amide bonds. The van der Waals surface area contributed by atoms with Gasteiger partial charge in [0.25, 0.3) is 0 Å². The van der Waals surface area contributed by atoms with Gasteiger partial charge in [0.2, 0.25) is 0 Å². The second kappa shape index (κ2) is 17.7. The van der Waals surface area contributed by atoms with E-state index in [2.05, 4.69) is 11.8 Å². The van der Waals surface area contributed by atoms with Gasteiger partial charge in [0.15, 0.2) is 6.61 Å². The van der Waals surface area contributed by atoms with Crippen molar-refractivity contribution < 1.29 is 14.4 Å². The molecule has 0 rings (SSSR count). The van der Waals surface area contributed by atoms with Gasteiger partial charge in [-0.25, -0.2) is 10.7 Å². The maximum Gasteiger partial charge on any atom is 0.334 e. The molecule has 2 N–H and O–H groups in total. The number of carbonyl (C=O) groups excluding carboxylic acids is 1. The van der Waals surface area contributed by atoms with Crippen LogP contribution < -0.4 is 5.90 Å². The van der Waals surface area contributed by atoms with Crippen LogP contribution in [0.15, 0.2) is 0 Å². The average molecular weight is 296 g/mol. The van der Waals surface area contributed by atoms with Crippen LogP contribution in [0.4, 0.5) is 0 Å². The summed E-state index contributed by atoms with van der Waals surface area (Å²) in [6.45, 7) is 2.57. The molecule has 116 valence electrons. The molecule has 19 heavy (non-hydrogen) atoms. The minimum Gasteiger partial charge on any atom is -0.464 e. The summed E-state index contributed by atoms with van der Waals surface area (Å²) in [4.78, 5) is 15.1. The van der Waals surface area contributed by atoms with Gasteiger partial charge in [-0.15, -0.1) is 12.4 Å². The second-order valence-electron chi connectivity index (χ2n) is 4.71.